The minimum Gasteiger partial charge on any atom is -0.367 e. The van der Waals surface area contributed by atoms with Crippen LogP contribution in [0.4, 0.5) is 0 Å². The summed E-state index contributed by atoms with van der Waals surface area (Å²) >= 11 is 0. The van der Waals surface area contributed by atoms with E-state index in [1.807, 2.05) is 54.3 Å². The highest BCUT2D eigenvalue weighted by Gasteiger charge is 2.29. The van der Waals surface area contributed by atoms with Crippen LogP contribution in [0.5, 0.6) is 0 Å². The molecule has 0 N–H and O–H groups in total. The van der Waals surface area contributed by atoms with E-state index < -0.39 is 0 Å². The maximum Gasteiger partial charge on any atom is 0.254 e. The molecule has 2 unspecified atom stereocenters. The highest BCUT2D eigenvalue weighted by Crippen LogP contribution is 2.26. The van der Waals surface area contributed by atoms with Crippen molar-refractivity contribution >= 4 is 5.91 Å². The first kappa shape index (κ1) is 21.3. The maximum atomic E-state index is 13.3. The molecule has 160 valence electrons. The van der Waals surface area contributed by atoms with E-state index in [0.29, 0.717) is 13.1 Å². The van der Waals surface area contributed by atoms with E-state index in [2.05, 4.69) is 54.4 Å². The van der Waals surface area contributed by atoms with Gasteiger partial charge in [0.2, 0.25) is 0 Å². The van der Waals surface area contributed by atoms with Crippen LogP contribution in [-0.4, -0.2) is 41.9 Å². The third-order valence-corrected chi connectivity index (χ3v) is 5.64. The van der Waals surface area contributed by atoms with E-state index in [-0.39, 0.29) is 18.1 Å². The minimum absolute atomic E-state index is 0.00287. The van der Waals surface area contributed by atoms with Crippen LogP contribution in [0.15, 0.2) is 84.9 Å². The topological polar surface area (TPSA) is 32.8 Å². The van der Waals surface area contributed by atoms with Gasteiger partial charge in [0, 0.05) is 25.2 Å². The number of nitrogens with zero attached hydrogens (tertiary/aromatic N) is 2. The third kappa shape index (κ3) is 5.60. The van der Waals surface area contributed by atoms with Gasteiger partial charge in [-0.2, -0.15) is 0 Å². The Morgan fingerprint density at radius 1 is 0.903 bits per heavy atom. The quantitative estimate of drug-likeness (QED) is 0.574. The fourth-order valence-corrected chi connectivity index (χ4v) is 4.22. The Labute approximate surface area is 185 Å². The standard InChI is InChI=1S/C27H30N2O2/c1-21-17-29(20-26(31-21)24-13-7-4-8-14-24)27(30)25-15-9-12-23(16-25)19-28(2)18-22-10-5-3-6-11-22/h3-16,21,26H,17-20H2,1-2H3. The van der Waals surface area contributed by atoms with E-state index in [0.717, 1.165) is 29.8 Å². The Kier molecular flexibility index (Phi) is 6.80. The van der Waals surface area contributed by atoms with E-state index >= 15 is 0 Å². The van der Waals surface area contributed by atoms with Crippen LogP contribution in [-0.2, 0) is 17.8 Å². The first-order valence-corrected chi connectivity index (χ1v) is 10.9. The van der Waals surface area contributed by atoms with Crippen molar-refractivity contribution in [1.82, 2.24) is 9.80 Å². The summed E-state index contributed by atoms with van der Waals surface area (Å²) in [5.74, 6) is 0.0728. The fraction of sp³-hybridized carbons (Fsp3) is 0.296. The SMILES string of the molecule is CC1CN(C(=O)c2cccc(CN(C)Cc3ccccc3)c2)CC(c2ccccc2)O1. The molecule has 4 heteroatoms. The highest BCUT2D eigenvalue weighted by molar-refractivity contribution is 5.94. The van der Waals surface area contributed by atoms with E-state index in [1.54, 1.807) is 0 Å². The smallest absolute Gasteiger partial charge is 0.254 e. The summed E-state index contributed by atoms with van der Waals surface area (Å²) in [6, 6.07) is 28.6. The molecule has 3 aromatic rings. The van der Waals surface area contributed by atoms with E-state index in [1.165, 1.54) is 5.56 Å². The normalized spacial score (nSPS) is 18.9. The second-order valence-corrected chi connectivity index (χ2v) is 8.41. The lowest BCUT2D eigenvalue weighted by atomic mass is 10.0. The molecule has 0 bridgehead atoms. The number of hydrogen-bond donors (Lipinski definition) is 0. The van der Waals surface area contributed by atoms with Crippen molar-refractivity contribution in [1.29, 1.82) is 0 Å². The van der Waals surface area contributed by atoms with Gasteiger partial charge < -0.3 is 9.64 Å². The number of hydrogen-bond acceptors (Lipinski definition) is 3. The molecule has 0 saturated carbocycles. The number of ether oxygens (including phenoxy) is 1. The molecule has 1 heterocycles. The lowest BCUT2D eigenvalue weighted by molar-refractivity contribution is -0.0691. The Bertz CT molecular complexity index is 990. The Balaban J connectivity index is 1.43. The van der Waals surface area contributed by atoms with Crippen molar-refractivity contribution < 1.29 is 9.53 Å². The van der Waals surface area contributed by atoms with Crippen LogP contribution in [0.1, 0.15) is 40.1 Å². The number of carbonyl (C=O) groups is 1. The summed E-state index contributed by atoms with van der Waals surface area (Å²) in [4.78, 5) is 17.5. The lowest BCUT2D eigenvalue weighted by Gasteiger charge is -2.37. The molecular weight excluding hydrogens is 384 g/mol. The van der Waals surface area contributed by atoms with Crippen LogP contribution in [0.25, 0.3) is 0 Å². The lowest BCUT2D eigenvalue weighted by Crippen LogP contribution is -2.46. The highest BCUT2D eigenvalue weighted by atomic mass is 16.5. The summed E-state index contributed by atoms with van der Waals surface area (Å²) in [5.41, 5.74) is 4.28. The fourth-order valence-electron chi connectivity index (χ4n) is 4.22. The number of morpholine rings is 1. The predicted octanol–water partition coefficient (Wildman–Crippen LogP) is 4.92. The second-order valence-electron chi connectivity index (χ2n) is 8.41. The van der Waals surface area contributed by atoms with E-state index in [4.69, 9.17) is 4.74 Å². The first-order valence-electron chi connectivity index (χ1n) is 10.9. The van der Waals surface area contributed by atoms with Crippen LogP contribution >= 0.6 is 0 Å². The zero-order valence-corrected chi connectivity index (χ0v) is 18.3. The monoisotopic (exact) mass is 414 g/mol. The van der Waals surface area contributed by atoms with Crippen molar-refractivity contribution in [3.05, 3.63) is 107 Å². The van der Waals surface area contributed by atoms with Crippen molar-refractivity contribution in [2.75, 3.05) is 20.1 Å². The zero-order chi connectivity index (χ0) is 21.6. The van der Waals surface area contributed by atoms with Gasteiger partial charge in [0.05, 0.1) is 12.6 Å². The summed E-state index contributed by atoms with van der Waals surface area (Å²) in [6.45, 7) is 4.89. The van der Waals surface area contributed by atoms with Crippen LogP contribution < -0.4 is 0 Å². The van der Waals surface area contributed by atoms with Crippen LogP contribution in [0, 0.1) is 0 Å². The molecule has 4 rings (SSSR count). The number of carbonyl (C=O) groups excluding carboxylic acids is 1. The second kappa shape index (κ2) is 9.90. The van der Waals surface area contributed by atoms with Gasteiger partial charge in [-0.15, -0.1) is 0 Å². The molecule has 1 aliphatic heterocycles. The molecule has 3 aromatic carbocycles. The third-order valence-electron chi connectivity index (χ3n) is 5.64. The van der Waals surface area contributed by atoms with Gasteiger partial charge in [-0.25, -0.2) is 0 Å². The maximum absolute atomic E-state index is 13.3. The number of benzene rings is 3. The molecule has 1 amide bonds. The molecule has 0 aromatic heterocycles. The Morgan fingerprint density at radius 3 is 2.29 bits per heavy atom. The Hall–Kier alpha value is -2.95. The zero-order valence-electron chi connectivity index (χ0n) is 18.3. The first-order chi connectivity index (χ1) is 15.1. The number of rotatable bonds is 6. The van der Waals surface area contributed by atoms with Gasteiger partial charge in [0.1, 0.15) is 6.10 Å². The molecule has 2 atom stereocenters. The molecule has 1 aliphatic rings. The van der Waals surface area contributed by atoms with Gasteiger partial charge in [-0.3, -0.25) is 9.69 Å². The van der Waals surface area contributed by atoms with Crippen LogP contribution in [0.3, 0.4) is 0 Å². The summed E-state index contributed by atoms with van der Waals surface area (Å²) in [7, 11) is 2.11. The molecular formula is C27H30N2O2. The van der Waals surface area contributed by atoms with Gasteiger partial charge in [-0.1, -0.05) is 72.8 Å². The summed E-state index contributed by atoms with van der Waals surface area (Å²) in [5, 5.41) is 0. The molecule has 1 fully saturated rings. The van der Waals surface area contributed by atoms with Crippen molar-refractivity contribution in [3.63, 3.8) is 0 Å². The van der Waals surface area contributed by atoms with Crippen molar-refractivity contribution in [3.8, 4) is 0 Å². The molecule has 31 heavy (non-hydrogen) atoms. The molecule has 0 spiro atoms. The largest absolute Gasteiger partial charge is 0.367 e. The average molecular weight is 415 g/mol. The molecule has 0 aliphatic carbocycles. The van der Waals surface area contributed by atoms with E-state index in [9.17, 15) is 4.79 Å². The van der Waals surface area contributed by atoms with Gasteiger partial charge in [-0.05, 0) is 42.8 Å². The van der Waals surface area contributed by atoms with Crippen molar-refractivity contribution in [2.24, 2.45) is 0 Å². The van der Waals surface area contributed by atoms with Crippen LogP contribution in [0.2, 0.25) is 0 Å². The molecule has 0 radical (unpaired) electrons. The van der Waals surface area contributed by atoms with Gasteiger partial charge in [0.15, 0.2) is 0 Å². The summed E-state index contributed by atoms with van der Waals surface area (Å²) < 4.78 is 6.12. The molecule has 1 saturated heterocycles. The minimum atomic E-state index is -0.0888. The van der Waals surface area contributed by atoms with Gasteiger partial charge >= 0.3 is 0 Å². The average Bonchev–Trinajstić information content (AvgIpc) is 2.79. The van der Waals surface area contributed by atoms with Crippen molar-refractivity contribution in [2.45, 2.75) is 32.2 Å². The summed E-state index contributed by atoms with van der Waals surface area (Å²) in [6.07, 6.45) is -0.0859. The van der Waals surface area contributed by atoms with Gasteiger partial charge in [0.25, 0.3) is 5.91 Å². The number of amides is 1. The predicted molar refractivity (Wildman–Crippen MR) is 124 cm³/mol. The molecule has 4 nitrogen and oxygen atoms in total. The Morgan fingerprint density at radius 2 is 1.55 bits per heavy atom.